The molecular weight excluding hydrogens is 263 g/mol. The second kappa shape index (κ2) is 5.33. The van der Waals surface area contributed by atoms with Gasteiger partial charge in [0.25, 0.3) is 0 Å². The number of rotatable bonds is 3. The molecule has 1 N–H and O–H groups in total. The smallest absolute Gasteiger partial charge is 0.126 e. The maximum absolute atomic E-state index is 13.5. The molecule has 0 saturated heterocycles. The highest BCUT2D eigenvalue weighted by molar-refractivity contribution is 6.36. The van der Waals surface area contributed by atoms with Crippen LogP contribution in [-0.4, -0.2) is 11.5 Å². The van der Waals surface area contributed by atoms with Crippen molar-refractivity contribution in [3.05, 3.63) is 34.2 Å². The lowest BCUT2D eigenvalue weighted by atomic mass is 9.96. The van der Waals surface area contributed by atoms with E-state index in [1.165, 1.54) is 12.1 Å². The molecular formula is C15H18ClFN2. The molecule has 0 aliphatic heterocycles. The summed E-state index contributed by atoms with van der Waals surface area (Å²) in [5, 5.41) is 4.56. The van der Waals surface area contributed by atoms with Crippen LogP contribution >= 0.6 is 11.6 Å². The van der Waals surface area contributed by atoms with Crippen LogP contribution in [0.1, 0.15) is 37.9 Å². The van der Waals surface area contributed by atoms with Gasteiger partial charge >= 0.3 is 0 Å². The standard InChI is InChI=1S/C15H18ClFN2/c1-5-18-15-13(8(2)3)9(4)19-12-7-10(17)6-11(16)14(12)15/h6-8H,5H2,1-4H3,(H,18,19). The van der Waals surface area contributed by atoms with Gasteiger partial charge in [-0.3, -0.25) is 4.98 Å². The Morgan fingerprint density at radius 3 is 2.63 bits per heavy atom. The van der Waals surface area contributed by atoms with Crippen LogP contribution < -0.4 is 5.32 Å². The van der Waals surface area contributed by atoms with E-state index in [1.54, 1.807) is 0 Å². The second-order valence-electron chi connectivity index (χ2n) is 4.95. The van der Waals surface area contributed by atoms with E-state index in [0.717, 1.165) is 28.9 Å². The third-order valence-corrected chi connectivity index (χ3v) is 3.46. The number of fused-ring (bicyclic) bond motifs is 1. The summed E-state index contributed by atoms with van der Waals surface area (Å²) < 4.78 is 13.5. The first-order valence-electron chi connectivity index (χ1n) is 6.48. The number of aromatic nitrogens is 1. The van der Waals surface area contributed by atoms with Gasteiger partial charge in [-0.25, -0.2) is 4.39 Å². The van der Waals surface area contributed by atoms with E-state index in [4.69, 9.17) is 11.6 Å². The van der Waals surface area contributed by atoms with Crippen LogP contribution in [0.4, 0.5) is 10.1 Å². The van der Waals surface area contributed by atoms with Gasteiger partial charge in [-0.05, 0) is 31.4 Å². The number of anilines is 1. The molecule has 2 nitrogen and oxygen atoms in total. The first-order valence-corrected chi connectivity index (χ1v) is 6.86. The molecule has 102 valence electrons. The summed E-state index contributed by atoms with van der Waals surface area (Å²) in [5.74, 6) is -0.0313. The number of aryl methyl sites for hydroxylation is 1. The van der Waals surface area contributed by atoms with E-state index in [9.17, 15) is 4.39 Å². The quantitative estimate of drug-likeness (QED) is 0.866. The maximum atomic E-state index is 13.5. The molecule has 2 aromatic rings. The average Bonchev–Trinajstić information content (AvgIpc) is 2.26. The maximum Gasteiger partial charge on any atom is 0.126 e. The number of nitrogens with one attached hydrogen (secondary N) is 1. The van der Waals surface area contributed by atoms with Gasteiger partial charge in [-0.2, -0.15) is 0 Å². The van der Waals surface area contributed by atoms with Crippen molar-refractivity contribution in [2.45, 2.75) is 33.6 Å². The number of pyridine rings is 1. The molecule has 1 heterocycles. The third kappa shape index (κ3) is 2.52. The van der Waals surface area contributed by atoms with Crippen LogP contribution in [0.25, 0.3) is 10.9 Å². The highest BCUT2D eigenvalue weighted by Gasteiger charge is 2.17. The van der Waals surface area contributed by atoms with Crippen LogP contribution in [0, 0.1) is 12.7 Å². The van der Waals surface area contributed by atoms with Crippen molar-refractivity contribution in [2.75, 3.05) is 11.9 Å². The lowest BCUT2D eigenvalue weighted by molar-refractivity contribution is 0.629. The third-order valence-electron chi connectivity index (χ3n) is 3.16. The molecule has 0 aliphatic rings. The second-order valence-corrected chi connectivity index (χ2v) is 5.36. The van der Waals surface area contributed by atoms with Gasteiger partial charge in [-0.1, -0.05) is 25.4 Å². The summed E-state index contributed by atoms with van der Waals surface area (Å²) in [4.78, 5) is 4.50. The van der Waals surface area contributed by atoms with Gasteiger partial charge in [-0.15, -0.1) is 0 Å². The van der Waals surface area contributed by atoms with E-state index < -0.39 is 0 Å². The summed E-state index contributed by atoms with van der Waals surface area (Å²) in [5.41, 5.74) is 3.64. The Morgan fingerprint density at radius 2 is 2.05 bits per heavy atom. The number of hydrogen-bond donors (Lipinski definition) is 1. The van der Waals surface area contributed by atoms with Crippen molar-refractivity contribution in [1.82, 2.24) is 4.98 Å². The SMILES string of the molecule is CCNc1c(C(C)C)c(C)nc2cc(F)cc(Cl)c12. The Balaban J connectivity index is 2.90. The summed E-state index contributed by atoms with van der Waals surface area (Å²) in [6, 6.07) is 2.77. The molecule has 0 amide bonds. The lowest BCUT2D eigenvalue weighted by Gasteiger charge is -2.19. The Kier molecular flexibility index (Phi) is 3.95. The molecule has 1 aromatic heterocycles. The van der Waals surface area contributed by atoms with Crippen molar-refractivity contribution in [1.29, 1.82) is 0 Å². The highest BCUT2D eigenvalue weighted by Crippen LogP contribution is 2.37. The van der Waals surface area contributed by atoms with Gasteiger partial charge in [0.15, 0.2) is 0 Å². The van der Waals surface area contributed by atoms with Gasteiger partial charge in [0.05, 0.1) is 16.2 Å². The van der Waals surface area contributed by atoms with E-state index in [-0.39, 0.29) is 5.82 Å². The van der Waals surface area contributed by atoms with Gasteiger partial charge in [0, 0.05) is 23.7 Å². The average molecular weight is 281 g/mol. The van der Waals surface area contributed by atoms with Crippen LogP contribution in [0.2, 0.25) is 5.02 Å². The molecule has 0 aliphatic carbocycles. The van der Waals surface area contributed by atoms with Crippen LogP contribution in [0.5, 0.6) is 0 Å². The van der Waals surface area contributed by atoms with Crippen molar-refractivity contribution in [2.24, 2.45) is 0 Å². The first kappa shape index (κ1) is 14.1. The minimum atomic E-state index is -0.357. The zero-order valence-corrected chi connectivity index (χ0v) is 12.4. The lowest BCUT2D eigenvalue weighted by Crippen LogP contribution is -2.07. The van der Waals surface area contributed by atoms with Gasteiger partial charge in [0.2, 0.25) is 0 Å². The highest BCUT2D eigenvalue weighted by atomic mass is 35.5. The Labute approximate surface area is 118 Å². The van der Waals surface area contributed by atoms with Crippen molar-refractivity contribution < 1.29 is 4.39 Å². The predicted octanol–water partition coefficient (Wildman–Crippen LogP) is 4.89. The molecule has 0 spiro atoms. The Morgan fingerprint density at radius 1 is 1.37 bits per heavy atom. The summed E-state index contributed by atoms with van der Waals surface area (Å²) in [6.45, 7) is 9.01. The normalized spacial score (nSPS) is 11.3. The molecule has 19 heavy (non-hydrogen) atoms. The number of nitrogens with zero attached hydrogens (tertiary/aromatic N) is 1. The first-order chi connectivity index (χ1) is 8.95. The fraction of sp³-hybridized carbons (Fsp3) is 0.400. The molecule has 0 bridgehead atoms. The van der Waals surface area contributed by atoms with E-state index in [0.29, 0.717) is 16.5 Å². The van der Waals surface area contributed by atoms with E-state index in [1.807, 2.05) is 13.8 Å². The Bertz CT molecular complexity index is 623. The Hall–Kier alpha value is -1.35. The van der Waals surface area contributed by atoms with Crippen molar-refractivity contribution in [3.8, 4) is 0 Å². The minimum absolute atomic E-state index is 0.326. The molecule has 1 aromatic carbocycles. The fourth-order valence-corrected chi connectivity index (χ4v) is 2.81. The zero-order chi connectivity index (χ0) is 14.2. The minimum Gasteiger partial charge on any atom is -0.384 e. The zero-order valence-electron chi connectivity index (χ0n) is 11.6. The molecule has 0 atom stereocenters. The molecule has 4 heteroatoms. The summed E-state index contributed by atoms with van der Waals surface area (Å²) in [6.07, 6.45) is 0. The van der Waals surface area contributed by atoms with Gasteiger partial charge in [0.1, 0.15) is 5.82 Å². The molecule has 0 saturated carbocycles. The van der Waals surface area contributed by atoms with Gasteiger partial charge < -0.3 is 5.32 Å². The van der Waals surface area contributed by atoms with E-state index in [2.05, 4.69) is 24.1 Å². The van der Waals surface area contributed by atoms with E-state index >= 15 is 0 Å². The molecule has 0 unspecified atom stereocenters. The molecule has 0 fully saturated rings. The largest absolute Gasteiger partial charge is 0.384 e. The molecule has 0 radical (unpaired) electrons. The monoisotopic (exact) mass is 280 g/mol. The number of benzene rings is 1. The summed E-state index contributed by atoms with van der Waals surface area (Å²) in [7, 11) is 0. The van der Waals surface area contributed by atoms with Crippen molar-refractivity contribution in [3.63, 3.8) is 0 Å². The van der Waals surface area contributed by atoms with Crippen LogP contribution in [-0.2, 0) is 0 Å². The predicted molar refractivity (Wildman–Crippen MR) is 79.7 cm³/mol. The number of hydrogen-bond acceptors (Lipinski definition) is 2. The summed E-state index contributed by atoms with van der Waals surface area (Å²) >= 11 is 6.21. The number of halogens is 2. The topological polar surface area (TPSA) is 24.9 Å². The van der Waals surface area contributed by atoms with Crippen LogP contribution in [0.15, 0.2) is 12.1 Å². The fourth-order valence-electron chi connectivity index (χ4n) is 2.52. The molecule has 2 rings (SSSR count). The van der Waals surface area contributed by atoms with Crippen molar-refractivity contribution >= 4 is 28.2 Å². The van der Waals surface area contributed by atoms with Crippen LogP contribution in [0.3, 0.4) is 0 Å².